The Morgan fingerprint density at radius 3 is 1.94 bits per heavy atom. The quantitative estimate of drug-likeness (QED) is 0.354. The van der Waals surface area contributed by atoms with Crippen LogP contribution in [0.15, 0.2) is 36.4 Å². The highest BCUT2D eigenvalue weighted by Crippen LogP contribution is 2.31. The number of nitro groups is 1. The number of ether oxygens (including phenoxy) is 3. The third-order valence-corrected chi connectivity index (χ3v) is 4.27. The van der Waals surface area contributed by atoms with Gasteiger partial charge in [-0.15, -0.1) is 0 Å². The maximum absolute atomic E-state index is 10.9. The van der Waals surface area contributed by atoms with Gasteiger partial charge in [0.15, 0.2) is 13.2 Å². The molecule has 1 saturated heterocycles. The molecule has 2 amide bonds. The number of nitrogens with one attached hydrogen (secondary N) is 2. The number of amides is 2. The number of nitrogens with zero attached hydrogens (tertiary/aromatic N) is 1. The Morgan fingerprint density at radius 1 is 0.871 bits per heavy atom. The molecule has 0 unspecified atom stereocenters. The Balaban J connectivity index is 0.000000145. The Morgan fingerprint density at radius 2 is 1.42 bits per heavy atom. The summed E-state index contributed by atoms with van der Waals surface area (Å²) in [5.74, 6) is 0.576. The minimum Gasteiger partial charge on any atom is -0.482 e. The first kappa shape index (κ1) is 21.8. The molecule has 0 aliphatic carbocycles. The van der Waals surface area contributed by atoms with Crippen molar-refractivity contribution >= 4 is 34.6 Å². The second kappa shape index (κ2) is 10.3. The zero-order chi connectivity index (χ0) is 22.2. The fourth-order valence-electron chi connectivity index (χ4n) is 2.78. The summed E-state index contributed by atoms with van der Waals surface area (Å²) in [6.45, 7) is 1.96. The van der Waals surface area contributed by atoms with Crippen LogP contribution in [0.5, 0.6) is 11.5 Å². The van der Waals surface area contributed by atoms with Crippen LogP contribution in [0.2, 0.25) is 0 Å². The van der Waals surface area contributed by atoms with E-state index in [4.69, 9.17) is 19.9 Å². The summed E-state index contributed by atoms with van der Waals surface area (Å²) in [4.78, 5) is 31.6. The Bertz CT molecular complexity index is 968. The minimum absolute atomic E-state index is 0.0556. The van der Waals surface area contributed by atoms with E-state index in [0.717, 1.165) is 13.2 Å². The standard InChI is InChI=1S/C8H6N2O4.C8H8N2O2.C4H8O/c11-8-4-14-7-3-5(10(12)13)1-2-6(7)9-8;9-5-1-2-6-7(3-5)12-4-8(11)10-6;1-2-4-5-3-1/h1-3H,4H2,(H,9,11);1-3H,4,9H2,(H,10,11);1-4H2. The third kappa shape index (κ3) is 6.31. The van der Waals surface area contributed by atoms with Crippen molar-refractivity contribution in [3.8, 4) is 11.5 Å². The number of benzene rings is 2. The Hall–Kier alpha value is -3.86. The van der Waals surface area contributed by atoms with Crippen LogP contribution in [-0.2, 0) is 14.3 Å². The second-order valence-electron chi connectivity index (χ2n) is 6.69. The van der Waals surface area contributed by atoms with Gasteiger partial charge < -0.3 is 30.6 Å². The van der Waals surface area contributed by atoms with Gasteiger partial charge in [0.25, 0.3) is 17.5 Å². The van der Waals surface area contributed by atoms with Crippen molar-refractivity contribution in [3.05, 3.63) is 46.5 Å². The van der Waals surface area contributed by atoms with E-state index in [1.807, 2.05) is 0 Å². The van der Waals surface area contributed by atoms with E-state index in [1.165, 1.54) is 31.0 Å². The molecule has 3 aliphatic heterocycles. The Labute approximate surface area is 177 Å². The van der Waals surface area contributed by atoms with Gasteiger partial charge in [0, 0.05) is 31.0 Å². The molecule has 3 heterocycles. The molecule has 31 heavy (non-hydrogen) atoms. The molecule has 0 saturated carbocycles. The van der Waals surface area contributed by atoms with Crippen LogP contribution in [0.4, 0.5) is 22.7 Å². The number of rotatable bonds is 1. The number of hydrogen-bond donors (Lipinski definition) is 3. The summed E-state index contributed by atoms with van der Waals surface area (Å²) in [5.41, 5.74) is 7.24. The van der Waals surface area contributed by atoms with Crippen LogP contribution < -0.4 is 25.8 Å². The summed E-state index contributed by atoms with van der Waals surface area (Å²) < 4.78 is 15.1. The van der Waals surface area contributed by atoms with Crippen molar-refractivity contribution < 1.29 is 28.7 Å². The summed E-state index contributed by atoms with van der Waals surface area (Å²) in [6.07, 6.45) is 2.56. The van der Waals surface area contributed by atoms with Gasteiger partial charge in [-0.05, 0) is 31.0 Å². The summed E-state index contributed by atoms with van der Waals surface area (Å²) in [6, 6.07) is 9.18. The highest BCUT2D eigenvalue weighted by atomic mass is 16.6. The highest BCUT2D eigenvalue weighted by molar-refractivity contribution is 5.96. The van der Waals surface area contributed by atoms with Crippen LogP contribution in [0, 0.1) is 10.1 Å². The number of non-ortho nitro benzene ring substituents is 1. The average Bonchev–Trinajstić information content (AvgIpc) is 3.34. The molecule has 0 atom stereocenters. The molecule has 0 spiro atoms. The fourth-order valence-corrected chi connectivity index (χ4v) is 2.78. The van der Waals surface area contributed by atoms with Crippen molar-refractivity contribution in [2.75, 3.05) is 42.8 Å². The average molecular weight is 430 g/mol. The lowest BCUT2D eigenvalue weighted by Gasteiger charge is -2.17. The monoisotopic (exact) mass is 430 g/mol. The molecular weight excluding hydrogens is 408 g/mol. The van der Waals surface area contributed by atoms with Crippen LogP contribution in [0.1, 0.15) is 12.8 Å². The molecule has 3 aliphatic rings. The van der Waals surface area contributed by atoms with Crippen molar-refractivity contribution in [2.24, 2.45) is 0 Å². The van der Waals surface area contributed by atoms with E-state index in [0.29, 0.717) is 28.6 Å². The SMILES string of the molecule is C1CCOC1.Nc1ccc2c(c1)OCC(=O)N2.O=C1COc2cc([N+](=O)[O-])ccc2N1. The lowest BCUT2D eigenvalue weighted by molar-refractivity contribution is -0.384. The normalized spacial score (nSPS) is 15.7. The molecule has 11 nitrogen and oxygen atoms in total. The number of carbonyl (C=O) groups is 2. The molecule has 2 aromatic rings. The van der Waals surface area contributed by atoms with E-state index >= 15 is 0 Å². The zero-order valence-electron chi connectivity index (χ0n) is 16.6. The molecule has 5 rings (SSSR count). The number of nitrogen functional groups attached to an aromatic ring is 1. The van der Waals surface area contributed by atoms with Gasteiger partial charge in [-0.3, -0.25) is 19.7 Å². The molecule has 1 fully saturated rings. The first-order valence-corrected chi connectivity index (χ1v) is 9.53. The topological polar surface area (TPSA) is 155 Å². The molecule has 0 aromatic heterocycles. The maximum Gasteiger partial charge on any atom is 0.273 e. The lowest BCUT2D eigenvalue weighted by atomic mass is 10.2. The molecule has 0 radical (unpaired) electrons. The predicted molar refractivity (Wildman–Crippen MR) is 112 cm³/mol. The van der Waals surface area contributed by atoms with Crippen molar-refractivity contribution in [1.82, 2.24) is 0 Å². The van der Waals surface area contributed by atoms with E-state index < -0.39 is 4.92 Å². The maximum atomic E-state index is 10.9. The first-order valence-electron chi connectivity index (χ1n) is 9.53. The van der Waals surface area contributed by atoms with Gasteiger partial charge in [0.05, 0.1) is 22.4 Å². The molecule has 0 bridgehead atoms. The number of fused-ring (bicyclic) bond motifs is 2. The van der Waals surface area contributed by atoms with E-state index in [-0.39, 0.29) is 30.7 Å². The second-order valence-corrected chi connectivity index (χ2v) is 6.69. The predicted octanol–water partition coefficient (Wildman–Crippen LogP) is 2.32. The summed E-state index contributed by atoms with van der Waals surface area (Å²) >= 11 is 0. The molecular formula is C20H22N4O7. The molecule has 4 N–H and O–H groups in total. The number of anilines is 3. The van der Waals surface area contributed by atoms with Gasteiger partial charge in [-0.1, -0.05) is 0 Å². The smallest absolute Gasteiger partial charge is 0.273 e. The molecule has 2 aromatic carbocycles. The molecule has 164 valence electrons. The van der Waals surface area contributed by atoms with Gasteiger partial charge in [0.2, 0.25) is 0 Å². The number of hydrogen-bond acceptors (Lipinski definition) is 8. The van der Waals surface area contributed by atoms with Crippen molar-refractivity contribution in [3.63, 3.8) is 0 Å². The summed E-state index contributed by atoms with van der Waals surface area (Å²) in [7, 11) is 0. The van der Waals surface area contributed by atoms with Gasteiger partial charge in [-0.25, -0.2) is 0 Å². The van der Waals surface area contributed by atoms with Crippen LogP contribution in [-0.4, -0.2) is 43.2 Å². The number of nitrogens with two attached hydrogens (primary N) is 1. The van der Waals surface area contributed by atoms with Crippen molar-refractivity contribution in [1.29, 1.82) is 0 Å². The minimum atomic E-state index is -0.514. The van der Waals surface area contributed by atoms with E-state index in [9.17, 15) is 19.7 Å². The lowest BCUT2D eigenvalue weighted by Crippen LogP contribution is -2.25. The summed E-state index contributed by atoms with van der Waals surface area (Å²) in [5, 5.41) is 15.6. The number of nitro benzene ring substituents is 1. The first-order chi connectivity index (χ1) is 14.9. The highest BCUT2D eigenvalue weighted by Gasteiger charge is 2.18. The van der Waals surface area contributed by atoms with Crippen LogP contribution in [0.3, 0.4) is 0 Å². The van der Waals surface area contributed by atoms with E-state index in [2.05, 4.69) is 10.6 Å². The number of carbonyl (C=O) groups excluding carboxylic acids is 2. The van der Waals surface area contributed by atoms with Gasteiger partial charge >= 0.3 is 0 Å². The van der Waals surface area contributed by atoms with Crippen LogP contribution >= 0.6 is 0 Å². The van der Waals surface area contributed by atoms with E-state index in [1.54, 1.807) is 18.2 Å². The fraction of sp³-hybridized carbons (Fsp3) is 0.300. The largest absolute Gasteiger partial charge is 0.482 e. The Kier molecular flexibility index (Phi) is 7.22. The van der Waals surface area contributed by atoms with Crippen molar-refractivity contribution in [2.45, 2.75) is 12.8 Å². The van der Waals surface area contributed by atoms with Gasteiger partial charge in [0.1, 0.15) is 11.5 Å². The third-order valence-electron chi connectivity index (χ3n) is 4.27. The molecule has 11 heteroatoms. The van der Waals surface area contributed by atoms with Gasteiger partial charge in [-0.2, -0.15) is 0 Å². The zero-order valence-corrected chi connectivity index (χ0v) is 16.6. The van der Waals surface area contributed by atoms with Crippen LogP contribution in [0.25, 0.3) is 0 Å².